The average Bonchev–Trinajstić information content (AvgIpc) is 2.14. The van der Waals surface area contributed by atoms with Crippen molar-refractivity contribution in [2.75, 3.05) is 0 Å². The van der Waals surface area contributed by atoms with Crippen LogP contribution in [0.2, 0.25) is 0 Å². The molecule has 0 aromatic carbocycles. The van der Waals surface area contributed by atoms with E-state index in [1.807, 2.05) is 6.92 Å². The zero-order valence-corrected chi connectivity index (χ0v) is 5.40. The molecule has 0 radical (unpaired) electrons. The first-order valence-electron chi connectivity index (χ1n) is 2.48. The minimum atomic E-state index is 0.460. The van der Waals surface area contributed by atoms with E-state index in [2.05, 4.69) is 22.2 Å². The highest BCUT2D eigenvalue weighted by atomic mass is 32.1. The second kappa shape index (κ2) is 2.13. The van der Waals surface area contributed by atoms with Crippen molar-refractivity contribution in [2.45, 2.75) is 13.3 Å². The third-order valence-electron chi connectivity index (χ3n) is 0.925. The summed E-state index contributed by atoms with van der Waals surface area (Å²) in [4.78, 5) is 7.72. The SMILES string of the molecule is CCC1=NC(=S)N=C1. The molecule has 0 aliphatic carbocycles. The summed E-state index contributed by atoms with van der Waals surface area (Å²) in [7, 11) is 0. The second-order valence-electron chi connectivity index (χ2n) is 1.50. The minimum Gasteiger partial charge on any atom is -0.225 e. The van der Waals surface area contributed by atoms with Gasteiger partial charge in [-0.15, -0.1) is 0 Å². The molecule has 0 atom stereocenters. The number of hydrogen-bond acceptors (Lipinski definition) is 1. The third kappa shape index (κ3) is 0.980. The lowest BCUT2D eigenvalue weighted by atomic mass is 10.3. The molecule has 0 aromatic heterocycles. The Morgan fingerprint density at radius 3 is 2.75 bits per heavy atom. The summed E-state index contributed by atoms with van der Waals surface area (Å²) in [5.41, 5.74) is 0.981. The van der Waals surface area contributed by atoms with Crippen LogP contribution in [0.5, 0.6) is 0 Å². The van der Waals surface area contributed by atoms with Crippen LogP contribution in [0.1, 0.15) is 13.3 Å². The lowest BCUT2D eigenvalue weighted by molar-refractivity contribution is 1.31. The first kappa shape index (κ1) is 5.56. The van der Waals surface area contributed by atoms with Gasteiger partial charge in [-0.25, -0.2) is 9.98 Å². The molecule has 0 bridgehead atoms. The summed E-state index contributed by atoms with van der Waals surface area (Å²) in [5.74, 6) is 0. The van der Waals surface area contributed by atoms with E-state index >= 15 is 0 Å². The largest absolute Gasteiger partial charge is 0.225 e. The van der Waals surface area contributed by atoms with Gasteiger partial charge in [-0.3, -0.25) is 0 Å². The van der Waals surface area contributed by atoms with E-state index in [-0.39, 0.29) is 0 Å². The van der Waals surface area contributed by atoms with Crippen LogP contribution in [0.3, 0.4) is 0 Å². The molecular weight excluding hydrogens is 120 g/mol. The van der Waals surface area contributed by atoms with Crippen molar-refractivity contribution >= 4 is 29.3 Å². The van der Waals surface area contributed by atoms with Gasteiger partial charge >= 0.3 is 0 Å². The van der Waals surface area contributed by atoms with Gasteiger partial charge in [-0.2, -0.15) is 0 Å². The normalized spacial score (nSPS) is 17.1. The van der Waals surface area contributed by atoms with Crippen molar-refractivity contribution < 1.29 is 0 Å². The van der Waals surface area contributed by atoms with E-state index in [0.717, 1.165) is 12.1 Å². The van der Waals surface area contributed by atoms with Gasteiger partial charge in [-0.1, -0.05) is 6.92 Å². The molecule has 1 aliphatic heterocycles. The first-order valence-corrected chi connectivity index (χ1v) is 2.89. The Bertz CT molecular complexity index is 169. The Balaban J connectivity index is 2.72. The maximum absolute atomic E-state index is 4.68. The van der Waals surface area contributed by atoms with Crippen molar-refractivity contribution in [3.05, 3.63) is 0 Å². The van der Waals surface area contributed by atoms with Gasteiger partial charge in [0.05, 0.1) is 11.9 Å². The van der Waals surface area contributed by atoms with E-state index in [9.17, 15) is 0 Å². The van der Waals surface area contributed by atoms with Crippen LogP contribution < -0.4 is 0 Å². The van der Waals surface area contributed by atoms with Gasteiger partial charge in [0.1, 0.15) is 0 Å². The summed E-state index contributed by atoms with van der Waals surface area (Å²) in [6, 6.07) is 0. The van der Waals surface area contributed by atoms with E-state index in [1.165, 1.54) is 0 Å². The Labute approximate surface area is 53.3 Å². The highest BCUT2D eigenvalue weighted by molar-refractivity contribution is 7.80. The first-order chi connectivity index (χ1) is 3.83. The van der Waals surface area contributed by atoms with Gasteiger partial charge < -0.3 is 0 Å². The molecule has 0 unspecified atom stereocenters. The van der Waals surface area contributed by atoms with E-state index < -0.39 is 0 Å². The predicted octanol–water partition coefficient (Wildman–Crippen LogP) is 1.21. The van der Waals surface area contributed by atoms with Crippen LogP contribution >= 0.6 is 12.2 Å². The van der Waals surface area contributed by atoms with Crippen LogP contribution in [0.4, 0.5) is 0 Å². The fourth-order valence-electron chi connectivity index (χ4n) is 0.481. The molecule has 0 spiro atoms. The Morgan fingerprint density at radius 2 is 2.50 bits per heavy atom. The summed E-state index contributed by atoms with van der Waals surface area (Å²) in [6.45, 7) is 2.03. The quantitative estimate of drug-likeness (QED) is 0.484. The van der Waals surface area contributed by atoms with Crippen molar-refractivity contribution in [3.63, 3.8) is 0 Å². The standard InChI is InChI=1S/C5H6N2S/c1-2-4-3-6-5(8)7-4/h3H,2H2,1H3. The molecule has 8 heavy (non-hydrogen) atoms. The molecule has 0 saturated carbocycles. The van der Waals surface area contributed by atoms with Crippen LogP contribution in [0.15, 0.2) is 9.98 Å². The zero-order valence-electron chi connectivity index (χ0n) is 4.59. The lowest BCUT2D eigenvalue weighted by Gasteiger charge is -1.80. The van der Waals surface area contributed by atoms with Crippen LogP contribution in [0, 0.1) is 0 Å². The summed E-state index contributed by atoms with van der Waals surface area (Å²) < 4.78 is 0. The summed E-state index contributed by atoms with van der Waals surface area (Å²) in [5, 5.41) is 0.460. The Morgan fingerprint density at radius 1 is 1.75 bits per heavy atom. The van der Waals surface area contributed by atoms with E-state index in [4.69, 9.17) is 0 Å². The Kier molecular flexibility index (Phi) is 1.48. The number of thiocarbonyl (C=S) groups is 1. The third-order valence-corrected chi connectivity index (χ3v) is 1.12. The Hall–Kier alpha value is -0.570. The fourth-order valence-corrected chi connectivity index (χ4v) is 0.651. The van der Waals surface area contributed by atoms with Crippen molar-refractivity contribution in [1.82, 2.24) is 0 Å². The van der Waals surface area contributed by atoms with Crippen LogP contribution in [0.25, 0.3) is 0 Å². The zero-order chi connectivity index (χ0) is 5.98. The molecule has 0 saturated heterocycles. The van der Waals surface area contributed by atoms with E-state index in [0.29, 0.717) is 5.11 Å². The topological polar surface area (TPSA) is 24.7 Å². The van der Waals surface area contributed by atoms with Gasteiger partial charge in [0.15, 0.2) is 0 Å². The maximum atomic E-state index is 4.68. The molecule has 1 heterocycles. The van der Waals surface area contributed by atoms with Gasteiger partial charge in [0.2, 0.25) is 5.11 Å². The molecule has 0 aromatic rings. The molecule has 0 amide bonds. The van der Waals surface area contributed by atoms with Gasteiger partial charge in [0.25, 0.3) is 0 Å². The molecule has 0 N–H and O–H groups in total. The van der Waals surface area contributed by atoms with Crippen molar-refractivity contribution in [3.8, 4) is 0 Å². The summed E-state index contributed by atoms with van der Waals surface area (Å²) in [6.07, 6.45) is 2.63. The monoisotopic (exact) mass is 126 g/mol. The number of aliphatic imine (C=N–C) groups is 2. The predicted molar refractivity (Wildman–Crippen MR) is 38.8 cm³/mol. The molecule has 3 heteroatoms. The second-order valence-corrected chi connectivity index (χ2v) is 1.86. The minimum absolute atomic E-state index is 0.460. The molecule has 0 fully saturated rings. The molecule has 2 nitrogen and oxygen atoms in total. The number of rotatable bonds is 1. The molecule has 1 aliphatic rings. The highest BCUT2D eigenvalue weighted by Crippen LogP contribution is 1.94. The van der Waals surface area contributed by atoms with Crippen LogP contribution in [-0.2, 0) is 0 Å². The average molecular weight is 126 g/mol. The molecular formula is C5H6N2S. The number of hydrogen-bond donors (Lipinski definition) is 0. The van der Waals surface area contributed by atoms with Crippen LogP contribution in [-0.4, -0.2) is 17.0 Å². The van der Waals surface area contributed by atoms with E-state index in [1.54, 1.807) is 6.21 Å². The fraction of sp³-hybridized carbons (Fsp3) is 0.400. The lowest BCUT2D eigenvalue weighted by Crippen LogP contribution is -1.90. The smallest absolute Gasteiger partial charge is 0.219 e. The van der Waals surface area contributed by atoms with Gasteiger partial charge in [0, 0.05) is 0 Å². The van der Waals surface area contributed by atoms with Crippen molar-refractivity contribution in [1.29, 1.82) is 0 Å². The van der Waals surface area contributed by atoms with Crippen molar-refractivity contribution in [2.24, 2.45) is 9.98 Å². The number of nitrogens with zero attached hydrogens (tertiary/aromatic N) is 2. The van der Waals surface area contributed by atoms with Gasteiger partial charge in [-0.05, 0) is 18.6 Å². The highest BCUT2D eigenvalue weighted by Gasteiger charge is 1.99. The maximum Gasteiger partial charge on any atom is 0.219 e. The summed E-state index contributed by atoms with van der Waals surface area (Å²) >= 11 is 4.68. The molecule has 1 rings (SSSR count). The molecule has 42 valence electrons.